The number of nitrogen functional groups attached to an aromatic ring is 1. The Morgan fingerprint density at radius 2 is 1.88 bits per heavy atom. The first-order chi connectivity index (χ1) is 11.5. The molecule has 1 aromatic carbocycles. The number of anilines is 2. The van der Waals surface area contributed by atoms with Crippen molar-refractivity contribution in [2.45, 2.75) is 26.2 Å². The van der Waals surface area contributed by atoms with Crippen LogP contribution in [0.2, 0.25) is 0 Å². The van der Waals surface area contributed by atoms with Gasteiger partial charge in [-0.3, -0.25) is 4.79 Å². The van der Waals surface area contributed by atoms with Crippen molar-refractivity contribution in [2.24, 2.45) is 0 Å². The molecule has 0 aliphatic heterocycles. The van der Waals surface area contributed by atoms with Crippen molar-refractivity contribution >= 4 is 23.4 Å². The van der Waals surface area contributed by atoms with E-state index in [0.29, 0.717) is 11.6 Å². The normalized spacial score (nSPS) is 11.6. The monoisotopic (exact) mass is 328 g/mol. The van der Waals surface area contributed by atoms with Gasteiger partial charge in [-0.2, -0.15) is 0 Å². The summed E-state index contributed by atoms with van der Waals surface area (Å²) in [7, 11) is 0. The van der Waals surface area contributed by atoms with E-state index in [1.807, 2.05) is 24.3 Å². The summed E-state index contributed by atoms with van der Waals surface area (Å²) in [5.41, 5.74) is 7.27. The summed E-state index contributed by atoms with van der Waals surface area (Å²) in [6.45, 7) is 3.84. The van der Waals surface area contributed by atoms with Crippen LogP contribution >= 0.6 is 0 Å². The molecule has 0 aliphatic rings. The van der Waals surface area contributed by atoms with Gasteiger partial charge in [0.1, 0.15) is 0 Å². The fraction of sp³-hybridized carbons (Fsp3) is 0.294. The fourth-order valence-corrected chi connectivity index (χ4v) is 2.03. The van der Waals surface area contributed by atoms with Crippen molar-refractivity contribution in [1.29, 1.82) is 0 Å². The molecule has 1 aromatic heterocycles. The number of hydrogen-bond acceptors (Lipinski definition) is 6. The number of amides is 1. The lowest BCUT2D eigenvalue weighted by molar-refractivity contribution is -0.119. The summed E-state index contributed by atoms with van der Waals surface area (Å²) >= 11 is 0. The molecule has 7 nitrogen and oxygen atoms in total. The first kappa shape index (κ1) is 17.4. The van der Waals surface area contributed by atoms with Gasteiger partial charge in [0.25, 0.3) is 5.91 Å². The molecule has 0 aliphatic carbocycles. The van der Waals surface area contributed by atoms with Crippen LogP contribution in [0.1, 0.15) is 42.2 Å². The van der Waals surface area contributed by atoms with Gasteiger partial charge in [-0.15, -0.1) is 0 Å². The van der Waals surface area contributed by atoms with Gasteiger partial charge in [0, 0.05) is 18.1 Å². The number of nitrogens with two attached hydrogens (primary N) is 1. The predicted octanol–water partition coefficient (Wildman–Crippen LogP) is 2.37. The van der Waals surface area contributed by atoms with Crippen LogP contribution in [-0.4, -0.2) is 28.5 Å². The van der Waals surface area contributed by atoms with Gasteiger partial charge in [-0.25, -0.2) is 14.8 Å². The summed E-state index contributed by atoms with van der Waals surface area (Å²) in [4.78, 5) is 31.2. The summed E-state index contributed by atoms with van der Waals surface area (Å²) in [6.07, 6.45) is 3.74. The molecule has 0 spiro atoms. The van der Waals surface area contributed by atoms with E-state index in [-0.39, 0.29) is 11.5 Å². The van der Waals surface area contributed by atoms with Crippen molar-refractivity contribution in [3.05, 3.63) is 47.9 Å². The summed E-state index contributed by atoms with van der Waals surface area (Å²) in [5.74, 6) is -0.804. The second-order valence-electron chi connectivity index (χ2n) is 5.35. The molecule has 126 valence electrons. The van der Waals surface area contributed by atoms with E-state index in [1.54, 1.807) is 0 Å². The van der Waals surface area contributed by atoms with Crippen LogP contribution < -0.4 is 11.1 Å². The van der Waals surface area contributed by atoms with E-state index in [2.05, 4.69) is 29.1 Å². The Morgan fingerprint density at radius 3 is 2.50 bits per heavy atom. The highest BCUT2D eigenvalue weighted by molar-refractivity contribution is 5.96. The number of carbonyl (C=O) groups excluding carboxylic acids is 2. The van der Waals surface area contributed by atoms with Crippen molar-refractivity contribution in [3.8, 4) is 0 Å². The Hall–Kier alpha value is -2.96. The number of carbonyl (C=O) groups is 2. The van der Waals surface area contributed by atoms with Crippen LogP contribution in [0.25, 0.3) is 0 Å². The molecule has 24 heavy (non-hydrogen) atoms. The molecule has 1 heterocycles. The van der Waals surface area contributed by atoms with Crippen molar-refractivity contribution in [2.75, 3.05) is 17.7 Å². The van der Waals surface area contributed by atoms with E-state index in [4.69, 9.17) is 10.5 Å². The molecule has 0 fully saturated rings. The second kappa shape index (κ2) is 8.05. The molecular weight excluding hydrogens is 308 g/mol. The average molecular weight is 328 g/mol. The third-order valence-corrected chi connectivity index (χ3v) is 3.63. The molecule has 1 amide bonds. The Kier molecular flexibility index (Phi) is 5.83. The first-order valence-electron chi connectivity index (χ1n) is 7.64. The highest BCUT2D eigenvalue weighted by Gasteiger charge is 2.15. The van der Waals surface area contributed by atoms with Crippen LogP contribution in [0.4, 0.5) is 11.5 Å². The maximum atomic E-state index is 11.9. The van der Waals surface area contributed by atoms with Gasteiger partial charge >= 0.3 is 5.97 Å². The summed E-state index contributed by atoms with van der Waals surface area (Å²) < 4.78 is 4.89. The molecule has 2 rings (SSSR count). The SMILES string of the molecule is CC[C@@H](C)c1ccc(NC(=O)COC(=O)c2nccnc2N)cc1. The fourth-order valence-electron chi connectivity index (χ4n) is 2.03. The summed E-state index contributed by atoms with van der Waals surface area (Å²) in [6, 6.07) is 7.58. The van der Waals surface area contributed by atoms with Crippen LogP contribution in [-0.2, 0) is 9.53 Å². The maximum absolute atomic E-state index is 11.9. The lowest BCUT2D eigenvalue weighted by Gasteiger charge is -2.10. The molecule has 0 saturated heterocycles. The van der Waals surface area contributed by atoms with Crippen LogP contribution in [0, 0.1) is 0 Å². The standard InChI is InChI=1S/C17H20N4O3/c1-3-11(2)12-4-6-13(7-5-12)21-14(22)10-24-17(23)15-16(18)20-9-8-19-15/h4-9,11H,3,10H2,1-2H3,(H2,18,20)(H,21,22)/t11-/m1/s1. The number of esters is 1. The van der Waals surface area contributed by atoms with E-state index in [0.717, 1.165) is 6.42 Å². The number of nitrogens with zero attached hydrogens (tertiary/aromatic N) is 2. The smallest absolute Gasteiger partial charge is 0.361 e. The Bertz CT molecular complexity index is 716. The minimum atomic E-state index is -0.789. The molecule has 0 bridgehead atoms. The van der Waals surface area contributed by atoms with Gasteiger partial charge < -0.3 is 15.8 Å². The first-order valence-corrected chi connectivity index (χ1v) is 7.64. The van der Waals surface area contributed by atoms with Crippen molar-refractivity contribution in [1.82, 2.24) is 9.97 Å². The molecule has 7 heteroatoms. The Labute approximate surface area is 140 Å². The highest BCUT2D eigenvalue weighted by atomic mass is 16.5. The number of nitrogens with one attached hydrogen (secondary N) is 1. The van der Waals surface area contributed by atoms with Crippen molar-refractivity contribution < 1.29 is 14.3 Å². The Balaban J connectivity index is 1.87. The average Bonchev–Trinajstić information content (AvgIpc) is 2.60. The number of rotatable bonds is 6. The van der Waals surface area contributed by atoms with Gasteiger partial charge in [0.2, 0.25) is 0 Å². The zero-order valence-corrected chi connectivity index (χ0v) is 13.7. The number of benzene rings is 1. The summed E-state index contributed by atoms with van der Waals surface area (Å²) in [5, 5.41) is 2.66. The van der Waals surface area contributed by atoms with E-state index in [9.17, 15) is 9.59 Å². The zero-order chi connectivity index (χ0) is 17.5. The molecule has 0 unspecified atom stereocenters. The van der Waals surface area contributed by atoms with Crippen LogP contribution in [0.5, 0.6) is 0 Å². The van der Waals surface area contributed by atoms with Crippen LogP contribution in [0.3, 0.4) is 0 Å². The zero-order valence-electron chi connectivity index (χ0n) is 13.7. The van der Waals surface area contributed by atoms with Crippen LogP contribution in [0.15, 0.2) is 36.7 Å². The second-order valence-corrected chi connectivity index (χ2v) is 5.35. The van der Waals surface area contributed by atoms with E-state index < -0.39 is 18.5 Å². The van der Waals surface area contributed by atoms with Gasteiger partial charge in [0.05, 0.1) is 0 Å². The third kappa shape index (κ3) is 4.52. The maximum Gasteiger partial charge on any atom is 0.361 e. The molecule has 0 radical (unpaired) electrons. The van der Waals surface area contributed by atoms with Gasteiger partial charge in [-0.05, 0) is 30.0 Å². The molecule has 2 aromatic rings. The van der Waals surface area contributed by atoms with Crippen molar-refractivity contribution in [3.63, 3.8) is 0 Å². The largest absolute Gasteiger partial charge is 0.451 e. The topological polar surface area (TPSA) is 107 Å². The Morgan fingerprint density at radius 1 is 1.21 bits per heavy atom. The number of aromatic nitrogens is 2. The number of ether oxygens (including phenoxy) is 1. The van der Waals surface area contributed by atoms with Gasteiger partial charge in [0.15, 0.2) is 18.1 Å². The van der Waals surface area contributed by atoms with E-state index >= 15 is 0 Å². The lowest BCUT2D eigenvalue weighted by Crippen LogP contribution is -2.22. The molecule has 0 saturated carbocycles. The quantitative estimate of drug-likeness (QED) is 0.788. The molecule has 1 atom stereocenters. The third-order valence-electron chi connectivity index (χ3n) is 3.63. The van der Waals surface area contributed by atoms with E-state index in [1.165, 1.54) is 18.0 Å². The lowest BCUT2D eigenvalue weighted by atomic mass is 9.99. The van der Waals surface area contributed by atoms with Gasteiger partial charge in [-0.1, -0.05) is 26.0 Å². The highest BCUT2D eigenvalue weighted by Crippen LogP contribution is 2.20. The number of hydrogen-bond donors (Lipinski definition) is 2. The molecule has 3 N–H and O–H groups in total. The minimum Gasteiger partial charge on any atom is -0.451 e. The molecular formula is C17H20N4O3. The minimum absolute atomic E-state index is 0.0384. The predicted molar refractivity (Wildman–Crippen MR) is 90.5 cm³/mol.